The lowest BCUT2D eigenvalue weighted by Gasteiger charge is -2.18. The van der Waals surface area contributed by atoms with E-state index in [1.54, 1.807) is 37.5 Å². The maximum Gasteiger partial charge on any atom is 0.225 e. The van der Waals surface area contributed by atoms with Gasteiger partial charge in [0.25, 0.3) is 0 Å². The SMILES string of the molecule is C=CCN(CC=C)CCC(=O)Nc1cc(Cl)ccc1OC. The number of methoxy groups -OCH3 is 1. The van der Waals surface area contributed by atoms with Crippen molar-refractivity contribution in [1.82, 2.24) is 4.90 Å². The summed E-state index contributed by atoms with van der Waals surface area (Å²) < 4.78 is 5.19. The van der Waals surface area contributed by atoms with E-state index < -0.39 is 0 Å². The molecule has 4 nitrogen and oxygen atoms in total. The molecule has 0 bridgehead atoms. The van der Waals surface area contributed by atoms with Gasteiger partial charge in [0.1, 0.15) is 5.75 Å². The Hall–Kier alpha value is -1.78. The molecule has 1 amide bonds. The van der Waals surface area contributed by atoms with Gasteiger partial charge in [-0.3, -0.25) is 9.69 Å². The Morgan fingerprint density at radius 2 is 2.05 bits per heavy atom. The van der Waals surface area contributed by atoms with E-state index in [0.717, 1.165) is 13.1 Å². The Labute approximate surface area is 131 Å². The molecule has 0 saturated heterocycles. The maximum atomic E-state index is 12.0. The molecule has 0 saturated carbocycles. The van der Waals surface area contributed by atoms with Crippen LogP contribution in [0.25, 0.3) is 0 Å². The molecule has 0 radical (unpaired) electrons. The van der Waals surface area contributed by atoms with Gasteiger partial charge in [-0.15, -0.1) is 13.2 Å². The van der Waals surface area contributed by atoms with Crippen LogP contribution >= 0.6 is 11.6 Å². The van der Waals surface area contributed by atoms with Crippen molar-refractivity contribution in [3.8, 4) is 5.75 Å². The van der Waals surface area contributed by atoms with E-state index in [0.29, 0.717) is 29.4 Å². The van der Waals surface area contributed by atoms with Crippen molar-refractivity contribution in [2.75, 3.05) is 32.1 Å². The summed E-state index contributed by atoms with van der Waals surface area (Å²) in [7, 11) is 1.55. The number of benzene rings is 1. The summed E-state index contributed by atoms with van der Waals surface area (Å²) in [6.07, 6.45) is 3.99. The third-order valence-corrected chi connectivity index (χ3v) is 3.10. The van der Waals surface area contributed by atoms with Gasteiger partial charge < -0.3 is 10.1 Å². The highest BCUT2D eigenvalue weighted by Crippen LogP contribution is 2.27. The number of carbonyl (C=O) groups is 1. The van der Waals surface area contributed by atoms with Gasteiger partial charge in [-0.2, -0.15) is 0 Å². The number of anilines is 1. The Morgan fingerprint density at radius 3 is 2.62 bits per heavy atom. The molecule has 0 aliphatic rings. The summed E-state index contributed by atoms with van der Waals surface area (Å²) in [4.78, 5) is 14.1. The second-order valence-electron chi connectivity index (χ2n) is 4.48. The van der Waals surface area contributed by atoms with Gasteiger partial charge >= 0.3 is 0 Å². The largest absolute Gasteiger partial charge is 0.495 e. The second kappa shape index (κ2) is 9.21. The topological polar surface area (TPSA) is 41.6 Å². The van der Waals surface area contributed by atoms with Crippen LogP contribution in [0.4, 0.5) is 5.69 Å². The molecule has 0 aliphatic carbocycles. The normalized spacial score (nSPS) is 10.2. The average Bonchev–Trinajstić information content (AvgIpc) is 2.45. The highest BCUT2D eigenvalue weighted by Gasteiger charge is 2.10. The predicted molar refractivity (Wildman–Crippen MR) is 88.1 cm³/mol. The summed E-state index contributed by atoms with van der Waals surface area (Å²) in [5.41, 5.74) is 0.578. The van der Waals surface area contributed by atoms with E-state index in [-0.39, 0.29) is 5.91 Å². The Balaban J connectivity index is 2.58. The first-order valence-electron chi connectivity index (χ1n) is 6.68. The van der Waals surface area contributed by atoms with Crippen molar-refractivity contribution in [2.45, 2.75) is 6.42 Å². The molecule has 0 heterocycles. The van der Waals surface area contributed by atoms with Crippen molar-refractivity contribution in [3.05, 3.63) is 48.5 Å². The number of rotatable bonds is 9. The first kappa shape index (κ1) is 17.3. The van der Waals surface area contributed by atoms with Crippen LogP contribution in [0.2, 0.25) is 5.02 Å². The molecule has 114 valence electrons. The third-order valence-electron chi connectivity index (χ3n) is 2.87. The lowest BCUT2D eigenvalue weighted by atomic mass is 10.2. The summed E-state index contributed by atoms with van der Waals surface area (Å²) in [6, 6.07) is 5.11. The monoisotopic (exact) mass is 308 g/mol. The molecule has 1 N–H and O–H groups in total. The van der Waals surface area contributed by atoms with E-state index in [9.17, 15) is 4.79 Å². The molecule has 0 fully saturated rings. The van der Waals surface area contributed by atoms with Gasteiger partial charge in [-0.25, -0.2) is 0 Å². The molecular formula is C16H21ClN2O2. The fourth-order valence-corrected chi connectivity index (χ4v) is 2.04. The average molecular weight is 309 g/mol. The molecule has 0 unspecified atom stereocenters. The lowest BCUT2D eigenvalue weighted by Crippen LogP contribution is -2.28. The number of hydrogen-bond donors (Lipinski definition) is 1. The Morgan fingerprint density at radius 1 is 1.38 bits per heavy atom. The van der Waals surface area contributed by atoms with Crippen LogP contribution < -0.4 is 10.1 Å². The smallest absolute Gasteiger partial charge is 0.225 e. The van der Waals surface area contributed by atoms with Crippen LogP contribution in [-0.4, -0.2) is 37.6 Å². The minimum atomic E-state index is -0.0892. The second-order valence-corrected chi connectivity index (χ2v) is 4.92. The molecule has 0 aliphatic heterocycles. The molecular weight excluding hydrogens is 288 g/mol. The summed E-state index contributed by atoms with van der Waals surface area (Å²) in [5.74, 6) is 0.496. The minimum Gasteiger partial charge on any atom is -0.495 e. The number of carbonyl (C=O) groups excluding carboxylic acids is 1. The zero-order valence-electron chi connectivity index (χ0n) is 12.3. The van der Waals surface area contributed by atoms with Crippen LogP contribution in [0.3, 0.4) is 0 Å². The van der Waals surface area contributed by atoms with Crippen molar-refractivity contribution in [1.29, 1.82) is 0 Å². The summed E-state index contributed by atoms with van der Waals surface area (Å²) in [6.45, 7) is 9.48. The highest BCUT2D eigenvalue weighted by molar-refractivity contribution is 6.31. The van der Waals surface area contributed by atoms with Gasteiger partial charge in [-0.05, 0) is 18.2 Å². The van der Waals surface area contributed by atoms with Crippen LogP contribution in [0.1, 0.15) is 6.42 Å². The van der Waals surface area contributed by atoms with Gasteiger partial charge in [0.15, 0.2) is 0 Å². The van der Waals surface area contributed by atoms with Crippen molar-refractivity contribution in [2.24, 2.45) is 0 Å². The Bertz CT molecular complexity index is 493. The number of nitrogens with one attached hydrogen (secondary N) is 1. The standard InChI is InChI=1S/C16H21ClN2O2/c1-4-9-19(10-5-2)11-8-16(20)18-14-12-13(17)6-7-15(14)21-3/h4-7,12H,1-2,8-11H2,3H3,(H,18,20). The van der Waals surface area contributed by atoms with E-state index in [2.05, 4.69) is 23.4 Å². The number of nitrogens with zero attached hydrogens (tertiary/aromatic N) is 1. The van der Waals surface area contributed by atoms with Crippen LogP contribution in [0.15, 0.2) is 43.5 Å². The van der Waals surface area contributed by atoms with E-state index in [4.69, 9.17) is 16.3 Å². The first-order chi connectivity index (χ1) is 10.1. The molecule has 5 heteroatoms. The molecule has 0 spiro atoms. The summed E-state index contributed by atoms with van der Waals surface area (Å²) in [5, 5.41) is 3.36. The summed E-state index contributed by atoms with van der Waals surface area (Å²) >= 11 is 5.93. The van der Waals surface area contributed by atoms with Gasteiger partial charge in [0, 0.05) is 31.1 Å². The number of amides is 1. The van der Waals surface area contributed by atoms with E-state index in [1.165, 1.54) is 0 Å². The lowest BCUT2D eigenvalue weighted by molar-refractivity contribution is -0.116. The molecule has 0 aromatic heterocycles. The van der Waals surface area contributed by atoms with Crippen LogP contribution in [0.5, 0.6) is 5.75 Å². The number of hydrogen-bond acceptors (Lipinski definition) is 3. The third kappa shape index (κ3) is 6.02. The highest BCUT2D eigenvalue weighted by atomic mass is 35.5. The Kier molecular flexibility index (Phi) is 7.58. The van der Waals surface area contributed by atoms with E-state index in [1.807, 2.05) is 0 Å². The molecule has 1 rings (SSSR count). The predicted octanol–water partition coefficient (Wildman–Crippen LogP) is 3.35. The molecule has 21 heavy (non-hydrogen) atoms. The van der Waals surface area contributed by atoms with Gasteiger partial charge in [0.2, 0.25) is 5.91 Å². The number of ether oxygens (including phenoxy) is 1. The van der Waals surface area contributed by atoms with Crippen LogP contribution in [-0.2, 0) is 4.79 Å². The van der Waals surface area contributed by atoms with E-state index >= 15 is 0 Å². The van der Waals surface area contributed by atoms with Crippen LogP contribution in [0, 0.1) is 0 Å². The molecule has 1 aromatic rings. The maximum absolute atomic E-state index is 12.0. The zero-order chi connectivity index (χ0) is 15.7. The molecule has 0 atom stereocenters. The van der Waals surface area contributed by atoms with Gasteiger partial charge in [-0.1, -0.05) is 23.8 Å². The van der Waals surface area contributed by atoms with Crippen molar-refractivity contribution >= 4 is 23.2 Å². The van der Waals surface area contributed by atoms with Crippen molar-refractivity contribution < 1.29 is 9.53 Å². The number of halogens is 1. The molecule has 1 aromatic carbocycles. The fraction of sp³-hybridized carbons (Fsp3) is 0.312. The van der Waals surface area contributed by atoms with Gasteiger partial charge in [0.05, 0.1) is 12.8 Å². The van der Waals surface area contributed by atoms with Crippen molar-refractivity contribution in [3.63, 3.8) is 0 Å². The first-order valence-corrected chi connectivity index (χ1v) is 7.06. The minimum absolute atomic E-state index is 0.0892. The zero-order valence-corrected chi connectivity index (χ0v) is 13.0. The quantitative estimate of drug-likeness (QED) is 0.711. The fourth-order valence-electron chi connectivity index (χ4n) is 1.87.